The topological polar surface area (TPSA) is 38.7 Å². The highest BCUT2D eigenvalue weighted by atomic mass is 16.5. The summed E-state index contributed by atoms with van der Waals surface area (Å²) in [4.78, 5) is 0. The van der Waals surface area contributed by atoms with Gasteiger partial charge in [0.1, 0.15) is 11.5 Å². The Morgan fingerprint density at radius 1 is 1.06 bits per heavy atom. The summed E-state index contributed by atoms with van der Waals surface area (Å²) in [6.45, 7) is 0. The smallest absolute Gasteiger partial charge is 0.122 e. The standard InChI is InChI=1S/C14H18O3/c1-16-11-5-6-12(17-2)14-9-4-3-8(13(11)14)7-10(9)15/h5-6,8-10,15H,3-4,7H2,1-2H3/t8-,9+,10-/m0/s1. The Bertz CT molecular complexity index is 441. The summed E-state index contributed by atoms with van der Waals surface area (Å²) in [5.41, 5.74) is 2.45. The second-order valence-electron chi connectivity index (χ2n) is 4.98. The van der Waals surface area contributed by atoms with Crippen LogP contribution in [0.25, 0.3) is 0 Å². The molecular formula is C14H18O3. The molecule has 1 aromatic carbocycles. The zero-order valence-electron chi connectivity index (χ0n) is 10.3. The van der Waals surface area contributed by atoms with E-state index in [0.29, 0.717) is 5.92 Å². The van der Waals surface area contributed by atoms with Crippen molar-refractivity contribution in [3.05, 3.63) is 23.3 Å². The van der Waals surface area contributed by atoms with E-state index in [-0.39, 0.29) is 12.0 Å². The number of fused-ring (bicyclic) bond motifs is 2. The fourth-order valence-corrected chi connectivity index (χ4v) is 3.50. The lowest BCUT2D eigenvalue weighted by Gasteiger charge is -2.42. The van der Waals surface area contributed by atoms with E-state index in [1.807, 2.05) is 12.1 Å². The van der Waals surface area contributed by atoms with Crippen LogP contribution in [0.2, 0.25) is 0 Å². The lowest BCUT2D eigenvalue weighted by molar-refractivity contribution is 0.0809. The largest absolute Gasteiger partial charge is 0.496 e. The Labute approximate surface area is 101 Å². The van der Waals surface area contributed by atoms with Crippen molar-refractivity contribution in [1.29, 1.82) is 0 Å². The fourth-order valence-electron chi connectivity index (χ4n) is 3.50. The Morgan fingerprint density at radius 2 is 1.71 bits per heavy atom. The number of aliphatic hydroxyl groups excluding tert-OH is 1. The van der Waals surface area contributed by atoms with Gasteiger partial charge in [-0.25, -0.2) is 0 Å². The van der Waals surface area contributed by atoms with Crippen molar-refractivity contribution in [2.45, 2.75) is 37.2 Å². The normalized spacial score (nSPS) is 29.9. The third-order valence-electron chi connectivity index (χ3n) is 4.24. The number of benzene rings is 1. The molecule has 3 nitrogen and oxygen atoms in total. The average molecular weight is 234 g/mol. The van der Waals surface area contributed by atoms with Gasteiger partial charge in [0, 0.05) is 17.0 Å². The number of hydrogen-bond donors (Lipinski definition) is 1. The van der Waals surface area contributed by atoms with Crippen LogP contribution < -0.4 is 9.47 Å². The van der Waals surface area contributed by atoms with E-state index < -0.39 is 0 Å². The maximum Gasteiger partial charge on any atom is 0.122 e. The Balaban J connectivity index is 2.22. The Hall–Kier alpha value is -1.22. The summed E-state index contributed by atoms with van der Waals surface area (Å²) >= 11 is 0. The molecule has 92 valence electrons. The number of ether oxygens (including phenoxy) is 2. The monoisotopic (exact) mass is 234 g/mol. The van der Waals surface area contributed by atoms with Gasteiger partial charge in [-0.15, -0.1) is 0 Å². The summed E-state index contributed by atoms with van der Waals surface area (Å²) < 4.78 is 10.9. The molecular weight excluding hydrogens is 216 g/mol. The van der Waals surface area contributed by atoms with Crippen LogP contribution in [0, 0.1) is 0 Å². The van der Waals surface area contributed by atoms with Crippen LogP contribution in [0.15, 0.2) is 12.1 Å². The fraction of sp³-hybridized carbons (Fsp3) is 0.571. The van der Waals surface area contributed by atoms with Gasteiger partial charge in [0.2, 0.25) is 0 Å². The van der Waals surface area contributed by atoms with Crippen molar-refractivity contribution in [3.8, 4) is 11.5 Å². The first-order valence-corrected chi connectivity index (χ1v) is 6.19. The van der Waals surface area contributed by atoms with Gasteiger partial charge >= 0.3 is 0 Å². The van der Waals surface area contributed by atoms with Crippen LogP contribution in [0.3, 0.4) is 0 Å². The molecule has 3 atom stereocenters. The minimum Gasteiger partial charge on any atom is -0.496 e. The van der Waals surface area contributed by atoms with E-state index >= 15 is 0 Å². The predicted octanol–water partition coefficient (Wildman–Crippen LogP) is 2.43. The lowest BCUT2D eigenvalue weighted by atomic mass is 9.65. The van der Waals surface area contributed by atoms with Crippen molar-refractivity contribution in [2.75, 3.05) is 14.2 Å². The van der Waals surface area contributed by atoms with Crippen molar-refractivity contribution in [1.82, 2.24) is 0 Å². The summed E-state index contributed by atoms with van der Waals surface area (Å²) in [5, 5.41) is 10.1. The summed E-state index contributed by atoms with van der Waals surface area (Å²) in [6, 6.07) is 3.93. The van der Waals surface area contributed by atoms with Crippen LogP contribution in [0.1, 0.15) is 42.2 Å². The predicted molar refractivity (Wildman–Crippen MR) is 64.9 cm³/mol. The molecule has 1 N–H and O–H groups in total. The highest BCUT2D eigenvalue weighted by Gasteiger charge is 2.42. The van der Waals surface area contributed by atoms with Crippen molar-refractivity contribution in [2.24, 2.45) is 0 Å². The third-order valence-corrected chi connectivity index (χ3v) is 4.24. The SMILES string of the molecule is COc1ccc(OC)c2c1[C@H]1CC[C@@H]2[C@@H](O)C1. The molecule has 1 saturated carbocycles. The highest BCUT2D eigenvalue weighted by Crippen LogP contribution is 2.55. The second kappa shape index (κ2) is 3.91. The van der Waals surface area contributed by atoms with E-state index in [4.69, 9.17) is 9.47 Å². The molecule has 0 unspecified atom stereocenters. The molecule has 0 saturated heterocycles. The molecule has 4 rings (SSSR count). The first-order valence-electron chi connectivity index (χ1n) is 6.19. The molecule has 0 heterocycles. The quantitative estimate of drug-likeness (QED) is 0.854. The zero-order valence-corrected chi connectivity index (χ0v) is 10.3. The zero-order chi connectivity index (χ0) is 12.0. The Kier molecular flexibility index (Phi) is 2.51. The van der Waals surface area contributed by atoms with Gasteiger partial charge in [0.25, 0.3) is 0 Å². The van der Waals surface area contributed by atoms with Crippen molar-refractivity contribution in [3.63, 3.8) is 0 Å². The third kappa shape index (κ3) is 1.45. The molecule has 0 aliphatic heterocycles. The maximum absolute atomic E-state index is 10.1. The second-order valence-corrected chi connectivity index (χ2v) is 4.98. The van der Waals surface area contributed by atoms with Crippen LogP contribution in [-0.2, 0) is 0 Å². The molecule has 3 aliphatic rings. The van der Waals surface area contributed by atoms with Gasteiger partial charge in [0.15, 0.2) is 0 Å². The Morgan fingerprint density at radius 3 is 2.29 bits per heavy atom. The molecule has 0 amide bonds. The minimum atomic E-state index is -0.220. The first kappa shape index (κ1) is 10.9. The van der Waals surface area contributed by atoms with Gasteiger partial charge in [-0.1, -0.05) is 0 Å². The van der Waals surface area contributed by atoms with Crippen LogP contribution in [-0.4, -0.2) is 25.4 Å². The molecule has 3 heteroatoms. The maximum atomic E-state index is 10.1. The van der Waals surface area contributed by atoms with E-state index in [2.05, 4.69) is 0 Å². The molecule has 0 radical (unpaired) electrons. The summed E-state index contributed by atoms with van der Waals surface area (Å²) in [5.74, 6) is 2.49. The minimum absolute atomic E-state index is 0.220. The molecule has 0 spiro atoms. The van der Waals surface area contributed by atoms with Crippen LogP contribution in [0.5, 0.6) is 11.5 Å². The van der Waals surface area contributed by atoms with Gasteiger partial charge in [-0.2, -0.15) is 0 Å². The molecule has 2 bridgehead atoms. The molecule has 17 heavy (non-hydrogen) atoms. The number of hydrogen-bond acceptors (Lipinski definition) is 3. The van der Waals surface area contributed by atoms with Crippen LogP contribution in [0.4, 0.5) is 0 Å². The van der Waals surface area contributed by atoms with E-state index in [1.165, 1.54) is 11.1 Å². The van der Waals surface area contributed by atoms with Gasteiger partial charge < -0.3 is 14.6 Å². The van der Waals surface area contributed by atoms with Crippen molar-refractivity contribution >= 4 is 0 Å². The first-order chi connectivity index (χ1) is 8.26. The number of rotatable bonds is 2. The van der Waals surface area contributed by atoms with Gasteiger partial charge in [0.05, 0.1) is 20.3 Å². The van der Waals surface area contributed by atoms with E-state index in [0.717, 1.165) is 30.8 Å². The molecule has 1 fully saturated rings. The summed E-state index contributed by atoms with van der Waals surface area (Å²) in [7, 11) is 3.40. The van der Waals surface area contributed by atoms with Gasteiger partial charge in [-0.3, -0.25) is 0 Å². The molecule has 3 aliphatic carbocycles. The van der Waals surface area contributed by atoms with Crippen LogP contribution >= 0.6 is 0 Å². The molecule has 1 aromatic rings. The molecule has 0 aromatic heterocycles. The number of methoxy groups -OCH3 is 2. The lowest BCUT2D eigenvalue weighted by Crippen LogP contribution is -2.34. The summed E-state index contributed by atoms with van der Waals surface area (Å²) in [6.07, 6.45) is 2.85. The average Bonchev–Trinajstić information content (AvgIpc) is 2.37. The van der Waals surface area contributed by atoms with E-state index in [9.17, 15) is 5.11 Å². The van der Waals surface area contributed by atoms with Crippen molar-refractivity contribution < 1.29 is 14.6 Å². The van der Waals surface area contributed by atoms with Gasteiger partial charge in [-0.05, 0) is 37.3 Å². The van der Waals surface area contributed by atoms with E-state index in [1.54, 1.807) is 14.2 Å². The number of aliphatic hydroxyl groups is 1. The highest BCUT2D eigenvalue weighted by molar-refractivity contribution is 5.55.